The van der Waals surface area contributed by atoms with Gasteiger partial charge in [0.1, 0.15) is 0 Å². The number of rotatable bonds is 10. The van der Waals surface area contributed by atoms with Gasteiger partial charge in [-0.2, -0.15) is 0 Å². The first kappa shape index (κ1) is 43.9. The van der Waals surface area contributed by atoms with Crippen molar-refractivity contribution in [3.05, 3.63) is 180 Å². The van der Waals surface area contributed by atoms with E-state index >= 15 is 0 Å². The minimum absolute atomic E-state index is 0. The zero-order chi connectivity index (χ0) is 41.4. The number of carboxylic acid groups (broad SMARTS) is 2. The summed E-state index contributed by atoms with van der Waals surface area (Å²) in [6.45, 7) is 8.37. The molecule has 4 heterocycles. The van der Waals surface area contributed by atoms with Crippen LogP contribution in [0.2, 0.25) is 0 Å². The lowest BCUT2D eigenvalue weighted by atomic mass is 9.90. The van der Waals surface area contributed by atoms with Gasteiger partial charge in [-0.15, -0.1) is 0 Å². The van der Waals surface area contributed by atoms with E-state index in [0.29, 0.717) is 21.5 Å². The van der Waals surface area contributed by atoms with E-state index < -0.39 is 23.4 Å². The molecule has 0 radical (unpaired) electrons. The van der Waals surface area contributed by atoms with Crippen molar-refractivity contribution in [2.75, 3.05) is 52.4 Å². The van der Waals surface area contributed by atoms with Crippen LogP contribution in [0.3, 0.4) is 0 Å². The van der Waals surface area contributed by atoms with Crippen LogP contribution in [-0.2, 0) is 6.42 Å². The van der Waals surface area contributed by atoms with Gasteiger partial charge in [0.2, 0.25) is 0 Å². The third-order valence-corrected chi connectivity index (χ3v) is 10.0. The maximum absolute atomic E-state index is 12.9. The number of hydrogen-bond donors (Lipinski definition) is 2. The predicted molar refractivity (Wildman–Crippen MR) is 236 cm³/mol. The van der Waals surface area contributed by atoms with Crippen LogP contribution in [0.1, 0.15) is 31.8 Å². The fourth-order valence-corrected chi connectivity index (χ4v) is 6.93. The quantitative estimate of drug-likeness (QED) is 0.121. The van der Waals surface area contributed by atoms with Gasteiger partial charge in [0.25, 0.3) is 0 Å². The summed E-state index contributed by atoms with van der Waals surface area (Å²) in [4.78, 5) is 27.6. The summed E-state index contributed by atoms with van der Waals surface area (Å²) in [5.41, 5.74) is -0.453. The number of fused-ring (bicyclic) bond motifs is 2. The molecule has 60 heavy (non-hydrogen) atoms. The topological polar surface area (TPSA) is 165 Å². The lowest BCUT2D eigenvalue weighted by molar-refractivity contribution is -0.494. The highest BCUT2D eigenvalue weighted by atomic mass is 16.4. The predicted octanol–water partition coefficient (Wildman–Crippen LogP) is 5.47. The van der Waals surface area contributed by atoms with Crippen LogP contribution in [-0.4, -0.2) is 111 Å². The van der Waals surface area contributed by atoms with E-state index in [0.717, 1.165) is 52.4 Å². The van der Waals surface area contributed by atoms with E-state index in [1.807, 2.05) is 0 Å². The van der Waals surface area contributed by atoms with E-state index in [1.54, 1.807) is 48.5 Å². The lowest BCUT2D eigenvalue weighted by Gasteiger charge is -2.24. The monoisotopic (exact) mass is 806 g/mol. The van der Waals surface area contributed by atoms with Gasteiger partial charge in [-0.05, 0) is 100 Å². The summed E-state index contributed by atoms with van der Waals surface area (Å²) in [5.74, 6) is -4.07. The first-order valence-electron chi connectivity index (χ1n) is 19.6. The van der Waals surface area contributed by atoms with Crippen molar-refractivity contribution in [3.8, 4) is 11.5 Å². The fraction of sp³-hybridized carbons (Fsp3) is 0.184. The van der Waals surface area contributed by atoms with Gasteiger partial charge in [-0.3, -0.25) is 0 Å². The summed E-state index contributed by atoms with van der Waals surface area (Å²) >= 11 is 0. The van der Waals surface area contributed by atoms with E-state index in [2.05, 4.69) is 129 Å². The first-order chi connectivity index (χ1) is 28.8. The fourth-order valence-electron chi connectivity index (χ4n) is 6.93. The molecular formula is C49H50N4O7. The summed E-state index contributed by atoms with van der Waals surface area (Å²) in [7, 11) is 0. The molecule has 0 bridgehead atoms. The Morgan fingerprint density at radius 3 is 1.28 bits per heavy atom. The van der Waals surface area contributed by atoms with Gasteiger partial charge in [0, 0.05) is 38.3 Å². The van der Waals surface area contributed by atoms with Crippen LogP contribution in [0.5, 0.6) is 11.5 Å². The van der Waals surface area contributed by atoms with Gasteiger partial charge in [0.05, 0.1) is 11.1 Å². The molecule has 0 saturated heterocycles. The summed E-state index contributed by atoms with van der Waals surface area (Å²) in [6.07, 6.45) is 38.4. The molecule has 11 heteroatoms. The molecule has 0 spiro atoms. The van der Waals surface area contributed by atoms with Crippen molar-refractivity contribution in [2.24, 2.45) is 0 Å². The molecule has 0 atom stereocenters. The summed E-state index contributed by atoms with van der Waals surface area (Å²) < 4.78 is 4.53. The molecule has 4 aliphatic heterocycles. The number of nitrogens with zero attached hydrogens (tertiary/aromatic N) is 4. The van der Waals surface area contributed by atoms with Gasteiger partial charge >= 0.3 is 11.9 Å². The molecule has 0 fully saturated rings. The number of allylic oxidation sites excluding steroid dienone is 6. The Bertz CT molecular complexity index is 2280. The highest BCUT2D eigenvalue weighted by Gasteiger charge is 2.17. The molecule has 0 unspecified atom stereocenters. The first-order valence-corrected chi connectivity index (χ1v) is 19.6. The second-order valence-corrected chi connectivity index (χ2v) is 14.1. The molecule has 0 aromatic heterocycles. The van der Waals surface area contributed by atoms with Crippen molar-refractivity contribution in [1.82, 2.24) is 9.80 Å². The molecule has 4 aromatic carbocycles. The molecule has 4 aromatic rings. The van der Waals surface area contributed by atoms with Crippen LogP contribution < -0.4 is 10.2 Å². The molecule has 4 aliphatic rings. The van der Waals surface area contributed by atoms with Crippen molar-refractivity contribution in [2.45, 2.75) is 6.42 Å². The average Bonchev–Trinajstić information content (AvgIpc) is 4.10. The highest BCUT2D eigenvalue weighted by Crippen LogP contribution is 2.37. The molecule has 11 nitrogen and oxygen atoms in total. The molecule has 0 saturated carbocycles. The second-order valence-electron chi connectivity index (χ2n) is 14.1. The SMILES string of the molecule is C(=CC=[N+]1CC=CC1)C=CN1CC=CC1.C(=CC=[N+]1CC=CC1)C=CN1CC=CC1.O.O=C(O)c1cc2ccccc2c(Cc2c([O-])c(C(=O)O)cc3ccccc23)c1[O-]. The Morgan fingerprint density at radius 1 is 0.550 bits per heavy atom. The van der Waals surface area contributed by atoms with Crippen molar-refractivity contribution >= 4 is 45.9 Å². The Hall–Kier alpha value is -7.24. The maximum Gasteiger partial charge on any atom is 0.335 e. The smallest absolute Gasteiger partial charge is 0.335 e. The standard InChI is InChI=1S/C23H16O6.2C13H17N2.H2O/c24-20-16(14-7-3-1-5-12(14)9-18(20)22(26)27)11-17-15-8-4-2-6-13(15)10-19(21(17)25)23(28)29;2*1(2-8-14-10-4-5-11-14)3-9-15-12-6-7-13-15;/h1-10,24-25H,11H2,(H,26,27)(H,28,29);2*1-9H,10-13H2;1H2/q;2*+1;/p-2. The van der Waals surface area contributed by atoms with Crippen molar-refractivity contribution < 1.29 is 44.6 Å². The van der Waals surface area contributed by atoms with Crippen LogP contribution in [0.15, 0.2) is 158 Å². The summed E-state index contributed by atoms with van der Waals surface area (Å²) in [5, 5.41) is 46.8. The van der Waals surface area contributed by atoms with Gasteiger partial charge in [-0.25, -0.2) is 18.7 Å². The van der Waals surface area contributed by atoms with Gasteiger partial charge in [-0.1, -0.05) is 96.5 Å². The number of carboxylic acids is 2. The number of carbonyl (C=O) groups is 2. The van der Waals surface area contributed by atoms with Gasteiger partial charge in [0.15, 0.2) is 38.6 Å². The molecule has 308 valence electrons. The third kappa shape index (κ3) is 11.9. The molecule has 0 amide bonds. The normalized spacial score (nSPS) is 15.5. The van der Waals surface area contributed by atoms with Gasteiger partial charge < -0.3 is 35.7 Å². The summed E-state index contributed by atoms with van der Waals surface area (Å²) in [6, 6.07) is 16.3. The second kappa shape index (κ2) is 22.1. The Balaban J connectivity index is 0.000000186. The lowest BCUT2D eigenvalue weighted by Crippen LogP contribution is -2.11. The zero-order valence-corrected chi connectivity index (χ0v) is 33.3. The average molecular weight is 807 g/mol. The largest absolute Gasteiger partial charge is 0.872 e. The highest BCUT2D eigenvalue weighted by molar-refractivity contribution is 6.02. The van der Waals surface area contributed by atoms with Crippen molar-refractivity contribution in [3.63, 3.8) is 0 Å². The Morgan fingerprint density at radius 2 is 0.917 bits per heavy atom. The van der Waals surface area contributed by atoms with E-state index in [4.69, 9.17) is 0 Å². The van der Waals surface area contributed by atoms with Crippen molar-refractivity contribution in [1.29, 1.82) is 0 Å². The molecule has 0 aliphatic carbocycles. The van der Waals surface area contributed by atoms with Crippen LogP contribution in [0.25, 0.3) is 21.5 Å². The molecule has 4 N–H and O–H groups in total. The number of aromatic carboxylic acids is 2. The van der Waals surface area contributed by atoms with Crippen LogP contribution in [0, 0.1) is 0 Å². The number of benzene rings is 4. The van der Waals surface area contributed by atoms with E-state index in [9.17, 15) is 30.0 Å². The Labute approximate surface area is 350 Å². The van der Waals surface area contributed by atoms with E-state index in [-0.39, 0.29) is 34.2 Å². The molecule has 8 rings (SSSR count). The Kier molecular flexibility index (Phi) is 16.1. The molecular weight excluding hydrogens is 757 g/mol. The third-order valence-electron chi connectivity index (χ3n) is 10.0. The minimum Gasteiger partial charge on any atom is -0.872 e. The van der Waals surface area contributed by atoms with E-state index in [1.165, 1.54) is 12.1 Å². The van der Waals surface area contributed by atoms with Crippen LogP contribution >= 0.6 is 0 Å². The maximum atomic E-state index is 12.9. The minimum atomic E-state index is -1.35. The number of hydrogen-bond acceptors (Lipinski definition) is 6. The van der Waals surface area contributed by atoms with Crippen LogP contribution in [0.4, 0.5) is 0 Å². The zero-order valence-electron chi connectivity index (χ0n) is 33.3.